The van der Waals surface area contributed by atoms with E-state index in [4.69, 9.17) is 4.74 Å². The van der Waals surface area contributed by atoms with Crippen LogP contribution in [0.4, 0.5) is 11.6 Å². The Morgan fingerprint density at radius 1 is 1.19 bits per heavy atom. The van der Waals surface area contributed by atoms with Gasteiger partial charge in [0.25, 0.3) is 5.56 Å². The van der Waals surface area contributed by atoms with Crippen LogP contribution in [0.1, 0.15) is 25.0 Å². The summed E-state index contributed by atoms with van der Waals surface area (Å²) in [5, 5.41) is 4.02. The van der Waals surface area contributed by atoms with Gasteiger partial charge in [0, 0.05) is 30.4 Å². The van der Waals surface area contributed by atoms with Crippen molar-refractivity contribution < 1.29 is 4.74 Å². The van der Waals surface area contributed by atoms with Crippen LogP contribution in [-0.2, 0) is 11.3 Å². The van der Waals surface area contributed by atoms with Crippen molar-refractivity contribution in [3.05, 3.63) is 64.7 Å². The predicted octanol–water partition coefficient (Wildman–Crippen LogP) is 3.87. The molecule has 3 rings (SSSR count). The Hall–Kier alpha value is -3.15. The van der Waals surface area contributed by atoms with E-state index in [1.165, 1.54) is 0 Å². The lowest BCUT2D eigenvalue weighted by atomic mass is 10.1. The Morgan fingerprint density at radius 2 is 1.96 bits per heavy atom. The highest BCUT2D eigenvalue weighted by molar-refractivity contribution is 5.84. The van der Waals surface area contributed by atoms with Crippen LogP contribution in [0.2, 0.25) is 0 Å². The number of pyridine rings is 3. The number of hydrogen-bond donors (Lipinski definition) is 1. The fraction of sp³-hybridized carbons (Fsp3) is 0.250. The summed E-state index contributed by atoms with van der Waals surface area (Å²) in [5.41, 5.74) is 2.23. The third-order valence-electron chi connectivity index (χ3n) is 4.08. The van der Waals surface area contributed by atoms with Gasteiger partial charge in [0.2, 0.25) is 0 Å². The lowest BCUT2D eigenvalue weighted by Gasteiger charge is -2.14. The molecule has 0 aliphatic carbocycles. The highest BCUT2D eigenvalue weighted by Gasteiger charge is 2.13. The zero-order valence-electron chi connectivity index (χ0n) is 15.2. The minimum atomic E-state index is -0.121. The standard InChI is InChI=1S/C20H22N4O2/c1-5-24-17-10-19(23-18-8-7-13(3)11-21-18)22-12-15(17)9-16(20(24)25)14(4)26-6-2/h7-12H,4-6H2,1-3H3,(H,21,22,23). The van der Waals surface area contributed by atoms with Crippen molar-refractivity contribution in [1.29, 1.82) is 0 Å². The smallest absolute Gasteiger partial charge is 0.262 e. The molecule has 0 unspecified atom stereocenters. The Morgan fingerprint density at radius 3 is 2.62 bits per heavy atom. The number of rotatable bonds is 6. The number of aromatic nitrogens is 3. The van der Waals surface area contributed by atoms with Crippen LogP contribution in [0.3, 0.4) is 0 Å². The van der Waals surface area contributed by atoms with E-state index in [2.05, 4.69) is 21.9 Å². The average Bonchev–Trinajstić information content (AvgIpc) is 2.63. The van der Waals surface area contributed by atoms with Crippen molar-refractivity contribution in [1.82, 2.24) is 14.5 Å². The van der Waals surface area contributed by atoms with Crippen molar-refractivity contribution in [2.24, 2.45) is 0 Å². The Balaban J connectivity index is 2.06. The molecular formula is C20H22N4O2. The quantitative estimate of drug-likeness (QED) is 0.684. The zero-order chi connectivity index (χ0) is 18.7. The van der Waals surface area contributed by atoms with Gasteiger partial charge in [0.15, 0.2) is 0 Å². The summed E-state index contributed by atoms with van der Waals surface area (Å²) in [5.74, 6) is 1.72. The van der Waals surface area contributed by atoms with Crippen molar-refractivity contribution in [2.45, 2.75) is 27.3 Å². The van der Waals surface area contributed by atoms with Gasteiger partial charge in [-0.1, -0.05) is 12.6 Å². The molecule has 0 radical (unpaired) electrons. The number of hydrogen-bond acceptors (Lipinski definition) is 5. The first-order chi connectivity index (χ1) is 12.5. The van der Waals surface area contributed by atoms with E-state index in [1.807, 2.05) is 39.0 Å². The zero-order valence-corrected chi connectivity index (χ0v) is 15.2. The molecule has 3 aromatic rings. The largest absolute Gasteiger partial charge is 0.494 e. The molecule has 134 valence electrons. The molecule has 0 aromatic carbocycles. The maximum atomic E-state index is 12.8. The normalized spacial score (nSPS) is 10.7. The highest BCUT2D eigenvalue weighted by Crippen LogP contribution is 2.21. The molecular weight excluding hydrogens is 328 g/mol. The van der Waals surface area contributed by atoms with Gasteiger partial charge in [-0.05, 0) is 38.5 Å². The number of aryl methyl sites for hydroxylation is 2. The SMILES string of the molecule is C=C(OCC)c1cc2cnc(Nc3ccc(C)cn3)cc2n(CC)c1=O. The maximum absolute atomic E-state index is 12.8. The van der Waals surface area contributed by atoms with Crippen LogP contribution < -0.4 is 10.9 Å². The first kappa shape index (κ1) is 17.7. The molecule has 0 saturated heterocycles. The van der Waals surface area contributed by atoms with Gasteiger partial charge >= 0.3 is 0 Å². The number of fused-ring (bicyclic) bond motifs is 1. The molecule has 0 atom stereocenters. The number of nitrogens with one attached hydrogen (secondary N) is 1. The van der Waals surface area contributed by atoms with E-state index in [-0.39, 0.29) is 5.56 Å². The molecule has 0 bridgehead atoms. The first-order valence-corrected chi connectivity index (χ1v) is 8.58. The molecule has 0 fully saturated rings. The summed E-state index contributed by atoms with van der Waals surface area (Å²) in [6, 6.07) is 7.50. The third-order valence-corrected chi connectivity index (χ3v) is 4.08. The number of ether oxygens (including phenoxy) is 1. The Labute approximate surface area is 152 Å². The van der Waals surface area contributed by atoms with E-state index in [0.717, 1.165) is 16.5 Å². The van der Waals surface area contributed by atoms with Crippen LogP contribution in [0.25, 0.3) is 16.7 Å². The van der Waals surface area contributed by atoms with Crippen molar-refractivity contribution in [3.63, 3.8) is 0 Å². The van der Waals surface area contributed by atoms with Gasteiger partial charge in [-0.25, -0.2) is 9.97 Å². The Kier molecular flexibility index (Phi) is 5.02. The second-order valence-electron chi connectivity index (χ2n) is 5.94. The fourth-order valence-corrected chi connectivity index (χ4v) is 2.78. The molecule has 0 aliphatic rings. The van der Waals surface area contributed by atoms with Crippen LogP contribution in [-0.4, -0.2) is 21.1 Å². The number of nitrogens with zero attached hydrogens (tertiary/aromatic N) is 3. The summed E-state index contributed by atoms with van der Waals surface area (Å²) in [4.78, 5) is 21.6. The van der Waals surface area contributed by atoms with Crippen LogP contribution in [0.15, 0.2) is 48.0 Å². The summed E-state index contributed by atoms with van der Waals surface area (Å²) in [6.07, 6.45) is 3.52. The lowest BCUT2D eigenvalue weighted by Crippen LogP contribution is -2.23. The van der Waals surface area contributed by atoms with Gasteiger partial charge in [0.1, 0.15) is 17.4 Å². The fourth-order valence-electron chi connectivity index (χ4n) is 2.78. The molecule has 6 nitrogen and oxygen atoms in total. The van der Waals surface area contributed by atoms with Gasteiger partial charge in [-0.2, -0.15) is 0 Å². The minimum absolute atomic E-state index is 0.121. The van der Waals surface area contributed by atoms with Gasteiger partial charge in [-0.3, -0.25) is 4.79 Å². The third kappa shape index (κ3) is 3.44. The van der Waals surface area contributed by atoms with E-state index >= 15 is 0 Å². The van der Waals surface area contributed by atoms with Crippen LogP contribution >= 0.6 is 0 Å². The minimum Gasteiger partial charge on any atom is -0.494 e. The van der Waals surface area contributed by atoms with Crippen LogP contribution in [0, 0.1) is 6.92 Å². The highest BCUT2D eigenvalue weighted by atomic mass is 16.5. The topological polar surface area (TPSA) is 69.0 Å². The molecule has 0 spiro atoms. The van der Waals surface area contributed by atoms with Crippen LogP contribution in [0.5, 0.6) is 0 Å². The molecule has 1 N–H and O–H groups in total. The number of anilines is 2. The second-order valence-corrected chi connectivity index (χ2v) is 5.94. The van der Waals surface area contributed by atoms with Gasteiger partial charge in [0.05, 0.1) is 17.7 Å². The van der Waals surface area contributed by atoms with E-state index in [1.54, 1.807) is 23.0 Å². The molecule has 0 saturated carbocycles. The molecule has 6 heteroatoms. The summed E-state index contributed by atoms with van der Waals surface area (Å²) in [7, 11) is 0. The monoisotopic (exact) mass is 350 g/mol. The van der Waals surface area contributed by atoms with Crippen molar-refractivity contribution in [2.75, 3.05) is 11.9 Å². The van der Waals surface area contributed by atoms with E-state index in [9.17, 15) is 4.79 Å². The summed E-state index contributed by atoms with van der Waals surface area (Å²) >= 11 is 0. The van der Waals surface area contributed by atoms with Crippen molar-refractivity contribution >= 4 is 28.3 Å². The second kappa shape index (κ2) is 7.39. The van der Waals surface area contributed by atoms with Crippen molar-refractivity contribution in [3.8, 4) is 0 Å². The molecule has 0 aliphatic heterocycles. The Bertz CT molecular complexity index is 1010. The summed E-state index contributed by atoms with van der Waals surface area (Å²) < 4.78 is 7.12. The predicted molar refractivity (Wildman–Crippen MR) is 105 cm³/mol. The van der Waals surface area contributed by atoms with Gasteiger partial charge < -0.3 is 14.6 Å². The molecule has 3 heterocycles. The van der Waals surface area contributed by atoms with E-state index in [0.29, 0.717) is 36.1 Å². The average molecular weight is 350 g/mol. The lowest BCUT2D eigenvalue weighted by molar-refractivity contribution is 0.298. The van der Waals surface area contributed by atoms with E-state index < -0.39 is 0 Å². The molecule has 3 aromatic heterocycles. The molecule has 0 amide bonds. The molecule has 26 heavy (non-hydrogen) atoms. The summed E-state index contributed by atoms with van der Waals surface area (Å²) in [6.45, 7) is 10.6. The van der Waals surface area contributed by atoms with Gasteiger partial charge in [-0.15, -0.1) is 0 Å². The maximum Gasteiger partial charge on any atom is 0.262 e. The first-order valence-electron chi connectivity index (χ1n) is 8.58.